The highest BCUT2D eigenvalue weighted by Crippen LogP contribution is 2.37. The van der Waals surface area contributed by atoms with Crippen LogP contribution in [0.2, 0.25) is 0 Å². The molecule has 1 aliphatic carbocycles. The Morgan fingerprint density at radius 1 is 1.12 bits per heavy atom. The van der Waals surface area contributed by atoms with E-state index in [0.29, 0.717) is 19.0 Å². The number of hydrogen-bond acceptors (Lipinski definition) is 3. The van der Waals surface area contributed by atoms with Gasteiger partial charge in [0.05, 0.1) is 0 Å². The first-order valence-corrected chi connectivity index (χ1v) is 9.49. The molecule has 1 heterocycles. The van der Waals surface area contributed by atoms with E-state index in [4.69, 9.17) is 0 Å². The van der Waals surface area contributed by atoms with Crippen molar-refractivity contribution in [1.29, 1.82) is 0 Å². The summed E-state index contributed by atoms with van der Waals surface area (Å²) in [5.41, 5.74) is 2.20. The molecule has 1 aromatic rings. The first kappa shape index (κ1) is 18.4. The van der Waals surface area contributed by atoms with Gasteiger partial charge >= 0.3 is 0 Å². The molecule has 26 heavy (non-hydrogen) atoms. The number of hydrogen-bond donors (Lipinski definition) is 2. The molecule has 1 saturated carbocycles. The van der Waals surface area contributed by atoms with Gasteiger partial charge in [0.25, 0.3) is 0 Å². The Morgan fingerprint density at radius 3 is 2.62 bits per heavy atom. The van der Waals surface area contributed by atoms with Crippen LogP contribution in [0.4, 0.5) is 5.69 Å². The highest BCUT2D eigenvalue weighted by atomic mass is 16.2. The number of carbonyl (C=O) groups excluding carboxylic acids is 3. The van der Waals surface area contributed by atoms with Gasteiger partial charge in [0.1, 0.15) is 0 Å². The van der Waals surface area contributed by atoms with Crippen molar-refractivity contribution in [2.75, 3.05) is 24.5 Å². The molecule has 2 aliphatic rings. The van der Waals surface area contributed by atoms with Gasteiger partial charge in [-0.15, -0.1) is 0 Å². The van der Waals surface area contributed by atoms with Crippen molar-refractivity contribution in [2.45, 2.75) is 39.0 Å². The Kier molecular flexibility index (Phi) is 5.91. The van der Waals surface area contributed by atoms with E-state index < -0.39 is 0 Å². The Morgan fingerprint density at radius 2 is 1.85 bits per heavy atom. The van der Waals surface area contributed by atoms with Crippen LogP contribution in [0.15, 0.2) is 24.3 Å². The number of anilines is 1. The highest BCUT2D eigenvalue weighted by Gasteiger charge is 2.38. The molecule has 6 heteroatoms. The summed E-state index contributed by atoms with van der Waals surface area (Å²) >= 11 is 0. The standard InChI is InChI=1S/C20H27N3O3/c1-14-13-16(14)20(26)22-10-8-18(24)21-11-9-19(25)23-12-4-6-15-5-2-3-7-17(15)23/h2-3,5,7,14,16H,4,6,8-13H2,1H3,(H,21,24)(H,22,26). The number of amides is 3. The summed E-state index contributed by atoms with van der Waals surface area (Å²) in [6.45, 7) is 3.45. The van der Waals surface area contributed by atoms with Gasteiger partial charge in [-0.2, -0.15) is 0 Å². The van der Waals surface area contributed by atoms with Crippen molar-refractivity contribution in [3.63, 3.8) is 0 Å². The fourth-order valence-corrected chi connectivity index (χ4v) is 3.44. The first-order valence-electron chi connectivity index (χ1n) is 9.49. The third kappa shape index (κ3) is 4.62. The molecule has 140 valence electrons. The molecular weight excluding hydrogens is 330 g/mol. The Hall–Kier alpha value is -2.37. The SMILES string of the molecule is CC1CC1C(=O)NCCC(=O)NCCC(=O)N1CCCc2ccccc21. The number of nitrogens with zero attached hydrogens (tertiary/aromatic N) is 1. The Balaban J connectivity index is 1.35. The molecule has 3 amide bonds. The van der Waals surface area contributed by atoms with Gasteiger partial charge in [-0.05, 0) is 36.8 Å². The van der Waals surface area contributed by atoms with E-state index in [9.17, 15) is 14.4 Å². The van der Waals surface area contributed by atoms with E-state index in [0.717, 1.165) is 31.5 Å². The summed E-state index contributed by atoms with van der Waals surface area (Å²) in [6, 6.07) is 7.99. The van der Waals surface area contributed by atoms with E-state index in [2.05, 4.69) is 23.6 Å². The fraction of sp³-hybridized carbons (Fsp3) is 0.550. The summed E-state index contributed by atoms with van der Waals surface area (Å²) in [7, 11) is 0. The quantitative estimate of drug-likeness (QED) is 0.779. The van der Waals surface area contributed by atoms with Crippen LogP contribution in [-0.2, 0) is 20.8 Å². The molecule has 3 rings (SSSR count). The molecule has 1 aliphatic heterocycles. The van der Waals surface area contributed by atoms with Gasteiger partial charge in [-0.1, -0.05) is 25.1 Å². The number of rotatable bonds is 7. The van der Waals surface area contributed by atoms with Crippen LogP contribution in [0.25, 0.3) is 0 Å². The summed E-state index contributed by atoms with van der Waals surface area (Å²) < 4.78 is 0. The number of nitrogens with one attached hydrogen (secondary N) is 2. The molecule has 0 bridgehead atoms. The topological polar surface area (TPSA) is 78.5 Å². The van der Waals surface area contributed by atoms with Crippen molar-refractivity contribution < 1.29 is 14.4 Å². The fourth-order valence-electron chi connectivity index (χ4n) is 3.44. The van der Waals surface area contributed by atoms with E-state index in [1.165, 1.54) is 5.56 Å². The average Bonchev–Trinajstić information content (AvgIpc) is 3.38. The van der Waals surface area contributed by atoms with Crippen molar-refractivity contribution in [3.8, 4) is 0 Å². The highest BCUT2D eigenvalue weighted by molar-refractivity contribution is 5.95. The monoisotopic (exact) mass is 357 g/mol. The molecule has 0 saturated heterocycles. The lowest BCUT2D eigenvalue weighted by Gasteiger charge is -2.29. The number of carbonyl (C=O) groups is 3. The van der Waals surface area contributed by atoms with Gasteiger partial charge in [-0.25, -0.2) is 0 Å². The van der Waals surface area contributed by atoms with E-state index >= 15 is 0 Å². The van der Waals surface area contributed by atoms with Crippen LogP contribution < -0.4 is 15.5 Å². The number of aryl methyl sites for hydroxylation is 1. The van der Waals surface area contributed by atoms with E-state index in [1.807, 2.05) is 23.1 Å². The van der Waals surface area contributed by atoms with Gasteiger partial charge in [0, 0.05) is 44.1 Å². The predicted molar refractivity (Wildman–Crippen MR) is 99.6 cm³/mol. The zero-order chi connectivity index (χ0) is 18.5. The second kappa shape index (κ2) is 8.34. The van der Waals surface area contributed by atoms with Crippen molar-refractivity contribution >= 4 is 23.4 Å². The minimum absolute atomic E-state index is 0.0356. The summed E-state index contributed by atoms with van der Waals surface area (Å²) in [6.07, 6.45) is 3.44. The minimum Gasteiger partial charge on any atom is -0.356 e. The van der Waals surface area contributed by atoms with Gasteiger partial charge < -0.3 is 15.5 Å². The molecule has 0 radical (unpaired) electrons. The zero-order valence-electron chi connectivity index (χ0n) is 15.3. The summed E-state index contributed by atoms with van der Waals surface area (Å²) in [5.74, 6) is 0.538. The van der Waals surface area contributed by atoms with Crippen LogP contribution in [0.3, 0.4) is 0 Å². The summed E-state index contributed by atoms with van der Waals surface area (Å²) in [4.78, 5) is 37.8. The van der Waals surface area contributed by atoms with E-state index in [1.54, 1.807) is 0 Å². The maximum absolute atomic E-state index is 12.5. The minimum atomic E-state index is -0.138. The molecule has 1 aromatic carbocycles. The zero-order valence-corrected chi connectivity index (χ0v) is 15.3. The molecule has 2 N–H and O–H groups in total. The van der Waals surface area contributed by atoms with Crippen LogP contribution in [0.5, 0.6) is 0 Å². The van der Waals surface area contributed by atoms with Crippen molar-refractivity contribution in [1.82, 2.24) is 10.6 Å². The van der Waals surface area contributed by atoms with Crippen LogP contribution >= 0.6 is 0 Å². The lowest BCUT2D eigenvalue weighted by Crippen LogP contribution is -2.38. The summed E-state index contributed by atoms with van der Waals surface area (Å²) in [5, 5.41) is 5.56. The maximum atomic E-state index is 12.5. The lowest BCUT2D eigenvalue weighted by molar-refractivity contribution is -0.123. The molecule has 2 unspecified atom stereocenters. The van der Waals surface area contributed by atoms with E-state index in [-0.39, 0.29) is 36.5 Å². The van der Waals surface area contributed by atoms with Crippen LogP contribution in [-0.4, -0.2) is 37.4 Å². The molecule has 1 fully saturated rings. The number of para-hydroxylation sites is 1. The Bertz CT molecular complexity index is 689. The molecule has 6 nitrogen and oxygen atoms in total. The van der Waals surface area contributed by atoms with Crippen molar-refractivity contribution in [2.24, 2.45) is 11.8 Å². The van der Waals surface area contributed by atoms with Crippen molar-refractivity contribution in [3.05, 3.63) is 29.8 Å². The molecule has 0 aromatic heterocycles. The maximum Gasteiger partial charge on any atom is 0.228 e. The molecule has 0 spiro atoms. The van der Waals surface area contributed by atoms with Gasteiger partial charge in [0.2, 0.25) is 17.7 Å². The second-order valence-electron chi connectivity index (χ2n) is 7.24. The third-order valence-corrected chi connectivity index (χ3v) is 5.17. The second-order valence-corrected chi connectivity index (χ2v) is 7.24. The lowest BCUT2D eigenvalue weighted by atomic mass is 10.0. The third-order valence-electron chi connectivity index (χ3n) is 5.17. The van der Waals surface area contributed by atoms with Gasteiger partial charge in [-0.3, -0.25) is 14.4 Å². The molecule has 2 atom stereocenters. The number of fused-ring (bicyclic) bond motifs is 1. The molecular formula is C20H27N3O3. The van der Waals surface area contributed by atoms with Crippen LogP contribution in [0, 0.1) is 11.8 Å². The average molecular weight is 357 g/mol. The normalized spacial score (nSPS) is 20.9. The van der Waals surface area contributed by atoms with Gasteiger partial charge in [0.15, 0.2) is 0 Å². The smallest absolute Gasteiger partial charge is 0.228 e. The first-order chi connectivity index (χ1) is 12.6. The number of benzene rings is 1. The largest absolute Gasteiger partial charge is 0.356 e. The predicted octanol–water partition coefficient (Wildman–Crippen LogP) is 1.63. The Labute approximate surface area is 154 Å². The van der Waals surface area contributed by atoms with Crippen LogP contribution in [0.1, 0.15) is 38.2 Å².